The van der Waals surface area contributed by atoms with Crippen molar-refractivity contribution in [1.82, 2.24) is 4.98 Å². The largest absolute Gasteiger partial charge is 0.493 e. The number of methoxy groups -OCH3 is 2. The van der Waals surface area contributed by atoms with Crippen LogP contribution in [-0.4, -0.2) is 25.4 Å². The number of nitrogens with zero attached hydrogens (tertiary/aromatic N) is 2. The number of hydrogen-bond acceptors (Lipinski definition) is 7. The summed E-state index contributed by atoms with van der Waals surface area (Å²) < 4.78 is 10.7. The van der Waals surface area contributed by atoms with Gasteiger partial charge in [-0.1, -0.05) is 30.3 Å². The maximum Gasteiger partial charge on any atom is 0.205 e. The van der Waals surface area contributed by atoms with E-state index >= 15 is 0 Å². The molecule has 0 fully saturated rings. The van der Waals surface area contributed by atoms with Crippen LogP contribution in [0.25, 0.3) is 11.1 Å². The van der Waals surface area contributed by atoms with Crippen molar-refractivity contribution in [2.24, 2.45) is 5.10 Å². The Morgan fingerprint density at radius 1 is 1.12 bits per heavy atom. The number of hydrogen-bond donors (Lipinski definition) is 2. The summed E-state index contributed by atoms with van der Waals surface area (Å²) in [4.78, 5) is 4.11. The molecule has 0 saturated carbocycles. The number of ether oxygens (including phenoxy) is 2. The van der Waals surface area contributed by atoms with E-state index in [1.54, 1.807) is 25.8 Å². The SMILES string of the molecule is COc1ccc(-c2ccccc2C=NNc2nc(N)cs2)cc1OC. The summed E-state index contributed by atoms with van der Waals surface area (Å²) in [5.74, 6) is 1.86. The van der Waals surface area contributed by atoms with Crippen molar-refractivity contribution in [2.45, 2.75) is 0 Å². The van der Waals surface area contributed by atoms with E-state index in [0.29, 0.717) is 22.4 Å². The van der Waals surface area contributed by atoms with Gasteiger partial charge in [0, 0.05) is 10.9 Å². The van der Waals surface area contributed by atoms with Gasteiger partial charge in [0.05, 0.1) is 20.4 Å². The van der Waals surface area contributed by atoms with Crippen LogP contribution in [0.5, 0.6) is 11.5 Å². The average molecular weight is 354 g/mol. The van der Waals surface area contributed by atoms with Gasteiger partial charge in [-0.05, 0) is 23.3 Å². The maximum absolute atomic E-state index is 5.60. The molecule has 0 spiro atoms. The topological polar surface area (TPSA) is 81.8 Å². The second-order valence-corrected chi connectivity index (χ2v) is 5.96. The summed E-state index contributed by atoms with van der Waals surface area (Å²) in [7, 11) is 3.24. The molecule has 3 aromatic rings. The summed E-state index contributed by atoms with van der Waals surface area (Å²) in [5, 5.41) is 6.66. The van der Waals surface area contributed by atoms with Gasteiger partial charge in [0.2, 0.25) is 5.13 Å². The molecular formula is C18H18N4O2S. The van der Waals surface area contributed by atoms with E-state index < -0.39 is 0 Å². The van der Waals surface area contributed by atoms with E-state index in [-0.39, 0.29) is 0 Å². The van der Waals surface area contributed by atoms with Gasteiger partial charge in [-0.25, -0.2) is 4.98 Å². The van der Waals surface area contributed by atoms with Crippen LogP contribution >= 0.6 is 11.3 Å². The van der Waals surface area contributed by atoms with Crippen LogP contribution in [0.1, 0.15) is 5.56 Å². The number of nitrogens with two attached hydrogens (primary N) is 1. The first kappa shape index (κ1) is 16.8. The second-order valence-electron chi connectivity index (χ2n) is 5.10. The van der Waals surface area contributed by atoms with Crippen molar-refractivity contribution in [1.29, 1.82) is 0 Å². The van der Waals surface area contributed by atoms with Gasteiger partial charge in [-0.3, -0.25) is 5.43 Å². The minimum Gasteiger partial charge on any atom is -0.493 e. The zero-order chi connectivity index (χ0) is 17.6. The number of aromatic nitrogens is 1. The predicted molar refractivity (Wildman–Crippen MR) is 103 cm³/mol. The van der Waals surface area contributed by atoms with E-state index in [1.165, 1.54) is 11.3 Å². The van der Waals surface area contributed by atoms with Crippen molar-refractivity contribution in [3.63, 3.8) is 0 Å². The number of anilines is 2. The molecule has 0 atom stereocenters. The molecule has 3 N–H and O–H groups in total. The highest BCUT2D eigenvalue weighted by Gasteiger charge is 2.08. The molecule has 1 aromatic heterocycles. The third-order valence-electron chi connectivity index (χ3n) is 3.54. The summed E-state index contributed by atoms with van der Waals surface area (Å²) in [6, 6.07) is 13.8. The molecule has 0 saturated heterocycles. The monoisotopic (exact) mass is 354 g/mol. The number of hydrazone groups is 1. The van der Waals surface area contributed by atoms with E-state index in [2.05, 4.69) is 15.5 Å². The van der Waals surface area contributed by atoms with Gasteiger partial charge in [0.1, 0.15) is 5.82 Å². The highest BCUT2D eigenvalue weighted by atomic mass is 32.1. The number of thiazole rings is 1. The van der Waals surface area contributed by atoms with Crippen LogP contribution in [0, 0.1) is 0 Å². The van der Waals surface area contributed by atoms with Gasteiger partial charge in [0.25, 0.3) is 0 Å². The molecule has 7 heteroatoms. The molecule has 0 unspecified atom stereocenters. The first-order valence-corrected chi connectivity index (χ1v) is 8.40. The quantitative estimate of drug-likeness (QED) is 0.519. The Bertz CT molecular complexity index is 892. The first-order valence-electron chi connectivity index (χ1n) is 7.53. The normalized spacial score (nSPS) is 10.8. The Balaban J connectivity index is 1.88. The Morgan fingerprint density at radius 2 is 1.92 bits per heavy atom. The number of nitrogen functional groups attached to an aromatic ring is 1. The standard InChI is InChI=1S/C18H18N4O2S/c1-23-15-8-7-12(9-16(15)24-2)14-6-4-3-5-13(14)10-20-22-18-21-17(19)11-25-18/h3-11H,19H2,1-2H3,(H,21,22). The third-order valence-corrected chi connectivity index (χ3v) is 4.31. The second kappa shape index (κ2) is 7.67. The summed E-state index contributed by atoms with van der Waals surface area (Å²) in [5.41, 5.74) is 11.5. The van der Waals surface area contributed by atoms with Crippen LogP contribution in [-0.2, 0) is 0 Å². The molecule has 1 heterocycles. The molecule has 0 bridgehead atoms. The fourth-order valence-corrected chi connectivity index (χ4v) is 2.92. The lowest BCUT2D eigenvalue weighted by Gasteiger charge is -2.11. The van der Waals surface area contributed by atoms with Gasteiger partial charge in [0.15, 0.2) is 11.5 Å². The van der Waals surface area contributed by atoms with Crippen LogP contribution in [0.2, 0.25) is 0 Å². The molecule has 6 nitrogen and oxygen atoms in total. The minimum atomic E-state index is 0.480. The minimum absolute atomic E-state index is 0.480. The number of rotatable bonds is 6. The lowest BCUT2D eigenvalue weighted by molar-refractivity contribution is 0.355. The molecule has 0 aliphatic heterocycles. The van der Waals surface area contributed by atoms with Crippen LogP contribution in [0.4, 0.5) is 10.9 Å². The lowest BCUT2D eigenvalue weighted by Crippen LogP contribution is -1.94. The number of nitrogens with one attached hydrogen (secondary N) is 1. The van der Waals surface area contributed by atoms with Gasteiger partial charge >= 0.3 is 0 Å². The maximum atomic E-state index is 5.60. The lowest BCUT2D eigenvalue weighted by atomic mass is 10.00. The Kier molecular flexibility index (Phi) is 5.15. The van der Waals surface area contributed by atoms with E-state index in [1.807, 2.05) is 42.5 Å². The molecule has 0 aliphatic rings. The highest BCUT2D eigenvalue weighted by Crippen LogP contribution is 2.33. The predicted octanol–water partition coefficient (Wildman–Crippen LogP) is 3.86. The summed E-state index contributed by atoms with van der Waals surface area (Å²) in [6.07, 6.45) is 1.75. The van der Waals surface area contributed by atoms with Gasteiger partial charge in [-0.15, -0.1) is 11.3 Å². The Morgan fingerprint density at radius 3 is 2.64 bits per heavy atom. The summed E-state index contributed by atoms with van der Waals surface area (Å²) >= 11 is 1.40. The van der Waals surface area contributed by atoms with Crippen molar-refractivity contribution in [2.75, 3.05) is 25.4 Å². The van der Waals surface area contributed by atoms with E-state index in [0.717, 1.165) is 16.7 Å². The van der Waals surface area contributed by atoms with Gasteiger partial charge in [-0.2, -0.15) is 5.10 Å². The smallest absolute Gasteiger partial charge is 0.205 e. The molecule has 0 radical (unpaired) electrons. The molecule has 3 rings (SSSR count). The molecule has 2 aromatic carbocycles. The van der Waals surface area contributed by atoms with E-state index in [9.17, 15) is 0 Å². The van der Waals surface area contributed by atoms with Crippen LogP contribution < -0.4 is 20.6 Å². The zero-order valence-corrected chi connectivity index (χ0v) is 14.7. The van der Waals surface area contributed by atoms with Crippen LogP contribution in [0.3, 0.4) is 0 Å². The first-order chi connectivity index (χ1) is 12.2. The fourth-order valence-electron chi connectivity index (χ4n) is 2.37. The Hall–Kier alpha value is -3.06. The van der Waals surface area contributed by atoms with Crippen molar-refractivity contribution < 1.29 is 9.47 Å². The van der Waals surface area contributed by atoms with Crippen molar-refractivity contribution >= 4 is 28.5 Å². The molecule has 25 heavy (non-hydrogen) atoms. The highest BCUT2D eigenvalue weighted by molar-refractivity contribution is 7.14. The Labute approximate surface area is 149 Å². The zero-order valence-electron chi connectivity index (χ0n) is 13.9. The van der Waals surface area contributed by atoms with Crippen molar-refractivity contribution in [3.05, 3.63) is 53.4 Å². The molecule has 0 amide bonds. The summed E-state index contributed by atoms with van der Waals surface area (Å²) in [6.45, 7) is 0. The van der Waals surface area contributed by atoms with E-state index in [4.69, 9.17) is 15.2 Å². The molecular weight excluding hydrogens is 336 g/mol. The van der Waals surface area contributed by atoms with Gasteiger partial charge < -0.3 is 15.2 Å². The van der Waals surface area contributed by atoms with Crippen LogP contribution in [0.15, 0.2) is 52.9 Å². The molecule has 128 valence electrons. The van der Waals surface area contributed by atoms with Crippen molar-refractivity contribution in [3.8, 4) is 22.6 Å². The third kappa shape index (κ3) is 3.89. The number of benzene rings is 2. The average Bonchev–Trinajstić information content (AvgIpc) is 3.06. The molecule has 0 aliphatic carbocycles. The fraction of sp³-hybridized carbons (Fsp3) is 0.111.